The SMILES string of the molecule is C#CCC(Nc1ccn2nccc2n1)C(=O)O. The number of carboxylic acid groups (broad SMARTS) is 1. The number of terminal acetylenes is 1. The molecular formula is C11H10N4O2. The third-order valence-electron chi connectivity index (χ3n) is 2.20. The molecule has 2 heterocycles. The van der Waals surface area contributed by atoms with Crippen LogP contribution in [-0.4, -0.2) is 31.7 Å². The van der Waals surface area contributed by atoms with E-state index in [0.29, 0.717) is 11.5 Å². The molecule has 2 rings (SSSR count). The zero-order chi connectivity index (χ0) is 12.3. The van der Waals surface area contributed by atoms with Crippen LogP contribution >= 0.6 is 0 Å². The van der Waals surface area contributed by atoms with Crippen molar-refractivity contribution >= 4 is 17.4 Å². The normalized spacial score (nSPS) is 11.9. The number of aliphatic carboxylic acids is 1. The Hall–Kier alpha value is -2.55. The number of carbonyl (C=O) groups is 1. The molecule has 0 radical (unpaired) electrons. The summed E-state index contributed by atoms with van der Waals surface area (Å²) < 4.78 is 1.59. The molecule has 0 spiro atoms. The lowest BCUT2D eigenvalue weighted by molar-refractivity contribution is -0.137. The van der Waals surface area contributed by atoms with Crippen LogP contribution in [0.1, 0.15) is 6.42 Å². The van der Waals surface area contributed by atoms with Crippen LogP contribution < -0.4 is 5.32 Å². The number of hydrogen-bond donors (Lipinski definition) is 2. The van der Waals surface area contributed by atoms with Crippen molar-refractivity contribution in [3.8, 4) is 12.3 Å². The molecule has 0 aliphatic carbocycles. The fourth-order valence-electron chi connectivity index (χ4n) is 1.39. The van der Waals surface area contributed by atoms with E-state index in [0.717, 1.165) is 0 Å². The van der Waals surface area contributed by atoms with Crippen molar-refractivity contribution in [3.63, 3.8) is 0 Å². The van der Waals surface area contributed by atoms with Gasteiger partial charge in [0.1, 0.15) is 11.9 Å². The van der Waals surface area contributed by atoms with Crippen LogP contribution in [0.15, 0.2) is 24.5 Å². The van der Waals surface area contributed by atoms with Gasteiger partial charge in [-0.3, -0.25) is 0 Å². The Bertz CT molecular complexity index is 584. The Balaban J connectivity index is 2.21. The summed E-state index contributed by atoms with van der Waals surface area (Å²) in [6.45, 7) is 0. The molecule has 0 fully saturated rings. The van der Waals surface area contributed by atoms with Gasteiger partial charge in [0.15, 0.2) is 5.65 Å². The molecule has 0 saturated carbocycles. The summed E-state index contributed by atoms with van der Waals surface area (Å²) in [4.78, 5) is 15.1. The zero-order valence-electron chi connectivity index (χ0n) is 8.87. The highest BCUT2D eigenvalue weighted by atomic mass is 16.4. The third kappa shape index (κ3) is 2.34. The Kier molecular flexibility index (Phi) is 2.92. The average Bonchev–Trinajstić information content (AvgIpc) is 2.75. The number of hydrogen-bond acceptors (Lipinski definition) is 4. The fourth-order valence-corrected chi connectivity index (χ4v) is 1.39. The van der Waals surface area contributed by atoms with Gasteiger partial charge in [-0.2, -0.15) is 5.10 Å². The molecule has 0 aromatic carbocycles. The van der Waals surface area contributed by atoms with E-state index in [1.54, 1.807) is 29.0 Å². The number of rotatable bonds is 4. The minimum atomic E-state index is -1.00. The van der Waals surface area contributed by atoms with Crippen LogP contribution in [0, 0.1) is 12.3 Å². The first-order chi connectivity index (χ1) is 8.20. The van der Waals surface area contributed by atoms with E-state index < -0.39 is 12.0 Å². The Morgan fingerprint density at radius 2 is 2.47 bits per heavy atom. The molecule has 1 atom stereocenters. The summed E-state index contributed by atoms with van der Waals surface area (Å²) in [5.41, 5.74) is 0.639. The summed E-state index contributed by atoms with van der Waals surface area (Å²) in [5, 5.41) is 15.7. The van der Waals surface area contributed by atoms with Gasteiger partial charge in [-0.1, -0.05) is 0 Å². The van der Waals surface area contributed by atoms with E-state index in [9.17, 15) is 4.79 Å². The van der Waals surface area contributed by atoms with Crippen molar-refractivity contribution in [1.29, 1.82) is 0 Å². The third-order valence-corrected chi connectivity index (χ3v) is 2.20. The second-order valence-corrected chi connectivity index (χ2v) is 3.39. The molecule has 0 aliphatic heterocycles. The van der Waals surface area contributed by atoms with Gasteiger partial charge in [0.25, 0.3) is 0 Å². The smallest absolute Gasteiger partial charge is 0.327 e. The van der Waals surface area contributed by atoms with Crippen LogP contribution in [0.3, 0.4) is 0 Å². The molecule has 0 bridgehead atoms. The number of aromatic nitrogens is 3. The van der Waals surface area contributed by atoms with Crippen molar-refractivity contribution in [1.82, 2.24) is 14.6 Å². The van der Waals surface area contributed by atoms with Crippen molar-refractivity contribution in [2.75, 3.05) is 5.32 Å². The second-order valence-electron chi connectivity index (χ2n) is 3.39. The standard InChI is InChI=1S/C11H10N4O2/c1-2-3-8(11(16)17)13-9-5-7-15-10(14-9)4-6-12-15/h1,4-8H,3H2,(H,13,14)(H,16,17). The van der Waals surface area contributed by atoms with E-state index in [4.69, 9.17) is 11.5 Å². The quantitative estimate of drug-likeness (QED) is 0.752. The van der Waals surface area contributed by atoms with Crippen LogP contribution in [-0.2, 0) is 4.79 Å². The molecule has 1 unspecified atom stereocenters. The average molecular weight is 230 g/mol. The minimum Gasteiger partial charge on any atom is -0.480 e. The number of nitrogens with zero attached hydrogens (tertiary/aromatic N) is 3. The van der Waals surface area contributed by atoms with Gasteiger partial charge in [0, 0.05) is 18.7 Å². The molecule has 2 N–H and O–H groups in total. The van der Waals surface area contributed by atoms with Crippen LogP contribution in [0.4, 0.5) is 5.82 Å². The lowest BCUT2D eigenvalue weighted by atomic mass is 10.2. The largest absolute Gasteiger partial charge is 0.480 e. The Labute approximate surface area is 97.3 Å². The van der Waals surface area contributed by atoms with E-state index >= 15 is 0 Å². The predicted octanol–water partition coefficient (Wildman–Crippen LogP) is 0.618. The summed E-state index contributed by atoms with van der Waals surface area (Å²) >= 11 is 0. The topological polar surface area (TPSA) is 79.5 Å². The summed E-state index contributed by atoms with van der Waals surface area (Å²) in [6, 6.07) is 2.53. The first kappa shape index (κ1) is 11.0. The monoisotopic (exact) mass is 230 g/mol. The van der Waals surface area contributed by atoms with Crippen LogP contribution in [0.5, 0.6) is 0 Å². The lowest BCUT2D eigenvalue weighted by Crippen LogP contribution is -2.29. The van der Waals surface area contributed by atoms with Gasteiger partial charge in [0.2, 0.25) is 0 Å². The van der Waals surface area contributed by atoms with Crippen molar-refractivity contribution < 1.29 is 9.90 Å². The highest BCUT2D eigenvalue weighted by molar-refractivity contribution is 5.77. The van der Waals surface area contributed by atoms with Gasteiger partial charge in [-0.15, -0.1) is 12.3 Å². The van der Waals surface area contributed by atoms with E-state index in [-0.39, 0.29) is 6.42 Å². The zero-order valence-corrected chi connectivity index (χ0v) is 8.87. The molecule has 0 amide bonds. The van der Waals surface area contributed by atoms with Gasteiger partial charge in [-0.05, 0) is 6.07 Å². The summed E-state index contributed by atoms with van der Waals surface area (Å²) in [5.74, 6) is 1.77. The number of carboxylic acids is 1. The van der Waals surface area contributed by atoms with E-state index in [1.165, 1.54) is 0 Å². The first-order valence-electron chi connectivity index (χ1n) is 4.94. The molecule has 17 heavy (non-hydrogen) atoms. The lowest BCUT2D eigenvalue weighted by Gasteiger charge is -2.12. The number of nitrogens with one attached hydrogen (secondary N) is 1. The maximum Gasteiger partial charge on any atom is 0.327 e. The number of fused-ring (bicyclic) bond motifs is 1. The van der Waals surface area contributed by atoms with Crippen molar-refractivity contribution in [2.24, 2.45) is 0 Å². The van der Waals surface area contributed by atoms with Crippen molar-refractivity contribution in [2.45, 2.75) is 12.5 Å². The molecule has 2 aromatic rings. The van der Waals surface area contributed by atoms with Gasteiger partial charge in [0.05, 0.1) is 6.20 Å². The second kappa shape index (κ2) is 4.53. The summed E-state index contributed by atoms with van der Waals surface area (Å²) in [7, 11) is 0. The van der Waals surface area contributed by atoms with Gasteiger partial charge >= 0.3 is 5.97 Å². The molecule has 2 aromatic heterocycles. The van der Waals surface area contributed by atoms with Gasteiger partial charge < -0.3 is 10.4 Å². The Morgan fingerprint density at radius 3 is 3.18 bits per heavy atom. The van der Waals surface area contributed by atoms with E-state index in [2.05, 4.69) is 21.3 Å². The van der Waals surface area contributed by atoms with Crippen LogP contribution in [0.25, 0.3) is 5.65 Å². The van der Waals surface area contributed by atoms with Crippen molar-refractivity contribution in [3.05, 3.63) is 24.5 Å². The van der Waals surface area contributed by atoms with E-state index in [1.807, 2.05) is 0 Å². The first-order valence-corrected chi connectivity index (χ1v) is 4.94. The van der Waals surface area contributed by atoms with Crippen LogP contribution in [0.2, 0.25) is 0 Å². The highest BCUT2D eigenvalue weighted by Crippen LogP contribution is 2.08. The molecule has 0 aliphatic rings. The van der Waals surface area contributed by atoms with Gasteiger partial charge in [-0.25, -0.2) is 14.3 Å². The Morgan fingerprint density at radius 1 is 1.65 bits per heavy atom. The fraction of sp³-hybridized carbons (Fsp3) is 0.182. The molecule has 86 valence electrons. The summed E-state index contributed by atoms with van der Waals surface area (Å²) in [6.07, 6.45) is 8.51. The maximum atomic E-state index is 10.9. The molecule has 6 nitrogen and oxygen atoms in total. The minimum absolute atomic E-state index is 0.0987. The maximum absolute atomic E-state index is 10.9. The molecule has 6 heteroatoms. The highest BCUT2D eigenvalue weighted by Gasteiger charge is 2.16. The molecule has 0 saturated heterocycles. The number of anilines is 1. The molecular weight excluding hydrogens is 220 g/mol. The predicted molar refractivity (Wildman–Crippen MR) is 61.5 cm³/mol.